The molecule has 4 heteroatoms. The Morgan fingerprint density at radius 3 is 2.30 bits per heavy atom. The number of hydrogen-bond acceptors (Lipinski definition) is 2. The minimum absolute atomic E-state index is 0.00819. The topological polar surface area (TPSA) is 61.4 Å². The highest BCUT2D eigenvalue weighted by molar-refractivity contribution is 5.89. The molecular weight excluding hydrogens is 252 g/mol. The molecule has 1 unspecified atom stereocenters. The number of amides is 2. The first-order chi connectivity index (χ1) is 9.36. The molecule has 0 aliphatic carbocycles. The number of urea groups is 1. The van der Waals surface area contributed by atoms with Crippen molar-refractivity contribution < 1.29 is 9.90 Å². The van der Waals surface area contributed by atoms with Gasteiger partial charge in [-0.15, -0.1) is 0 Å². The maximum atomic E-state index is 11.8. The van der Waals surface area contributed by atoms with E-state index in [0.717, 1.165) is 12.1 Å². The van der Waals surface area contributed by atoms with E-state index in [0.29, 0.717) is 6.42 Å². The number of anilines is 1. The normalized spacial score (nSPS) is 12.8. The number of aliphatic hydroxyl groups excluding tert-OH is 1. The van der Waals surface area contributed by atoms with E-state index in [9.17, 15) is 4.79 Å². The van der Waals surface area contributed by atoms with Crippen molar-refractivity contribution in [3.05, 3.63) is 29.8 Å². The van der Waals surface area contributed by atoms with Gasteiger partial charge in [0.2, 0.25) is 0 Å². The molecule has 0 aliphatic heterocycles. The zero-order valence-corrected chi connectivity index (χ0v) is 12.9. The first kappa shape index (κ1) is 16.5. The quantitative estimate of drug-likeness (QED) is 0.774. The van der Waals surface area contributed by atoms with Crippen LogP contribution in [0.2, 0.25) is 0 Å². The number of carbonyl (C=O) groups is 1. The van der Waals surface area contributed by atoms with Gasteiger partial charge in [-0.25, -0.2) is 4.79 Å². The average molecular weight is 278 g/mol. The molecule has 1 rings (SSSR count). The largest absolute Gasteiger partial charge is 0.396 e. The summed E-state index contributed by atoms with van der Waals surface area (Å²) in [5, 5.41) is 14.6. The summed E-state index contributed by atoms with van der Waals surface area (Å²) in [5.74, 6) is 0. The van der Waals surface area contributed by atoms with Crippen LogP contribution in [0.3, 0.4) is 0 Å². The van der Waals surface area contributed by atoms with Crippen LogP contribution in [0, 0.1) is 0 Å². The highest BCUT2D eigenvalue weighted by Crippen LogP contribution is 2.23. The molecular formula is C16H26N2O2. The molecule has 1 aromatic carbocycles. The molecule has 0 spiro atoms. The lowest BCUT2D eigenvalue weighted by molar-refractivity contribution is 0.237. The Kier molecular flexibility index (Phi) is 6.02. The van der Waals surface area contributed by atoms with Crippen molar-refractivity contribution in [3.63, 3.8) is 0 Å². The maximum absolute atomic E-state index is 11.8. The van der Waals surface area contributed by atoms with Crippen LogP contribution in [-0.4, -0.2) is 23.8 Å². The third-order valence-electron chi connectivity index (χ3n) is 3.31. The van der Waals surface area contributed by atoms with Gasteiger partial charge in [0.05, 0.1) is 0 Å². The molecule has 0 heterocycles. The standard InChI is InChI=1S/C16H26N2O2/c1-5-13(10-11-19)17-15(20)18-14-8-6-12(7-9-14)16(2,3)4/h6-9,13,19H,5,10-11H2,1-4H3,(H2,17,18,20). The van der Waals surface area contributed by atoms with Crippen LogP contribution in [0.25, 0.3) is 0 Å². The monoisotopic (exact) mass is 278 g/mol. The van der Waals surface area contributed by atoms with Crippen LogP contribution < -0.4 is 10.6 Å². The zero-order chi connectivity index (χ0) is 15.2. The van der Waals surface area contributed by atoms with Gasteiger partial charge >= 0.3 is 6.03 Å². The minimum Gasteiger partial charge on any atom is -0.396 e. The third-order valence-corrected chi connectivity index (χ3v) is 3.31. The van der Waals surface area contributed by atoms with E-state index >= 15 is 0 Å². The molecule has 0 bridgehead atoms. The smallest absolute Gasteiger partial charge is 0.319 e. The van der Waals surface area contributed by atoms with Crippen LogP contribution in [0.5, 0.6) is 0 Å². The van der Waals surface area contributed by atoms with Gasteiger partial charge < -0.3 is 15.7 Å². The fourth-order valence-corrected chi connectivity index (χ4v) is 1.94. The molecule has 112 valence electrons. The van der Waals surface area contributed by atoms with Crippen molar-refractivity contribution in [1.29, 1.82) is 0 Å². The highest BCUT2D eigenvalue weighted by Gasteiger charge is 2.13. The molecule has 3 N–H and O–H groups in total. The van der Waals surface area contributed by atoms with Crippen LogP contribution in [0.1, 0.15) is 46.1 Å². The summed E-state index contributed by atoms with van der Waals surface area (Å²) in [6, 6.07) is 7.66. The predicted octanol–water partition coefficient (Wildman–Crippen LogP) is 3.27. The first-order valence-corrected chi connectivity index (χ1v) is 7.15. The molecule has 0 radical (unpaired) electrons. The van der Waals surface area contributed by atoms with Gasteiger partial charge in [0.1, 0.15) is 0 Å². The molecule has 20 heavy (non-hydrogen) atoms. The van der Waals surface area contributed by atoms with E-state index < -0.39 is 0 Å². The van der Waals surface area contributed by atoms with Crippen molar-refractivity contribution in [2.45, 2.75) is 52.0 Å². The third kappa shape index (κ3) is 5.21. The van der Waals surface area contributed by atoms with Crippen molar-refractivity contribution in [3.8, 4) is 0 Å². The molecule has 1 aromatic rings. The zero-order valence-electron chi connectivity index (χ0n) is 12.9. The van der Waals surface area contributed by atoms with Crippen molar-refractivity contribution in [1.82, 2.24) is 5.32 Å². The minimum atomic E-state index is -0.228. The van der Waals surface area contributed by atoms with Crippen LogP contribution >= 0.6 is 0 Å². The summed E-state index contributed by atoms with van der Waals surface area (Å²) in [6.45, 7) is 8.53. The van der Waals surface area contributed by atoms with E-state index in [1.165, 1.54) is 5.56 Å². The number of nitrogens with one attached hydrogen (secondary N) is 2. The molecule has 0 saturated carbocycles. The second kappa shape index (κ2) is 7.29. The summed E-state index contributed by atoms with van der Waals surface area (Å²) >= 11 is 0. The Labute approximate surface area is 121 Å². The van der Waals surface area contributed by atoms with Crippen LogP contribution in [0.15, 0.2) is 24.3 Å². The summed E-state index contributed by atoms with van der Waals surface area (Å²) in [4.78, 5) is 11.8. The SMILES string of the molecule is CCC(CCO)NC(=O)Nc1ccc(C(C)(C)C)cc1. The molecule has 0 aliphatic rings. The Morgan fingerprint density at radius 1 is 1.25 bits per heavy atom. The molecule has 2 amide bonds. The Bertz CT molecular complexity index is 421. The number of aliphatic hydroxyl groups is 1. The van der Waals surface area contributed by atoms with Gasteiger partial charge in [0, 0.05) is 18.3 Å². The first-order valence-electron chi connectivity index (χ1n) is 7.15. The lowest BCUT2D eigenvalue weighted by Crippen LogP contribution is -2.38. The summed E-state index contributed by atoms with van der Waals surface area (Å²) in [6.07, 6.45) is 1.38. The van der Waals surface area contributed by atoms with Gasteiger partial charge in [-0.3, -0.25) is 0 Å². The average Bonchev–Trinajstić information content (AvgIpc) is 2.37. The number of carbonyl (C=O) groups excluding carboxylic acids is 1. The number of hydrogen-bond donors (Lipinski definition) is 3. The fraction of sp³-hybridized carbons (Fsp3) is 0.562. The maximum Gasteiger partial charge on any atom is 0.319 e. The van der Waals surface area contributed by atoms with Crippen molar-refractivity contribution >= 4 is 11.7 Å². The number of rotatable bonds is 5. The highest BCUT2D eigenvalue weighted by atomic mass is 16.3. The Morgan fingerprint density at radius 2 is 1.85 bits per heavy atom. The molecule has 0 saturated heterocycles. The van der Waals surface area contributed by atoms with E-state index in [4.69, 9.17) is 5.11 Å². The Balaban J connectivity index is 2.58. The second-order valence-electron chi connectivity index (χ2n) is 6.04. The van der Waals surface area contributed by atoms with Crippen LogP contribution in [-0.2, 0) is 5.41 Å². The fourth-order valence-electron chi connectivity index (χ4n) is 1.94. The van der Waals surface area contributed by atoms with E-state index in [-0.39, 0.29) is 24.1 Å². The van der Waals surface area contributed by atoms with Crippen LogP contribution in [0.4, 0.5) is 10.5 Å². The van der Waals surface area contributed by atoms with E-state index in [1.807, 2.05) is 31.2 Å². The van der Waals surface area contributed by atoms with Gasteiger partial charge in [0.25, 0.3) is 0 Å². The van der Waals surface area contributed by atoms with Crippen molar-refractivity contribution in [2.75, 3.05) is 11.9 Å². The van der Waals surface area contributed by atoms with Gasteiger partial charge in [-0.05, 0) is 36.0 Å². The molecule has 0 fully saturated rings. The summed E-state index contributed by atoms with van der Waals surface area (Å²) in [7, 11) is 0. The summed E-state index contributed by atoms with van der Waals surface area (Å²) < 4.78 is 0. The molecule has 4 nitrogen and oxygen atoms in total. The van der Waals surface area contributed by atoms with E-state index in [2.05, 4.69) is 31.4 Å². The Hall–Kier alpha value is -1.55. The van der Waals surface area contributed by atoms with Gasteiger partial charge in [0.15, 0.2) is 0 Å². The van der Waals surface area contributed by atoms with Crippen molar-refractivity contribution in [2.24, 2.45) is 0 Å². The second-order valence-corrected chi connectivity index (χ2v) is 6.04. The molecule has 1 atom stereocenters. The predicted molar refractivity (Wildman–Crippen MR) is 83.1 cm³/mol. The molecule has 0 aromatic heterocycles. The lowest BCUT2D eigenvalue weighted by atomic mass is 9.87. The van der Waals surface area contributed by atoms with Gasteiger partial charge in [-0.2, -0.15) is 0 Å². The lowest BCUT2D eigenvalue weighted by Gasteiger charge is -2.20. The van der Waals surface area contributed by atoms with E-state index in [1.54, 1.807) is 0 Å². The number of benzene rings is 1. The summed E-state index contributed by atoms with van der Waals surface area (Å²) in [5.41, 5.74) is 2.11. The van der Waals surface area contributed by atoms with Gasteiger partial charge in [-0.1, -0.05) is 39.8 Å².